The molecule has 160 valence electrons. The number of carbonyl (C=O) groups is 1. The SMILES string of the molecule is Cc1cc(-c2cn(CC(=O)Nc3ccncc3Cl)c3ncn(C)c(=O)c23)cc(C#N)c1O. The zero-order valence-electron chi connectivity index (χ0n) is 17.1. The van der Waals surface area contributed by atoms with E-state index in [9.17, 15) is 20.0 Å². The van der Waals surface area contributed by atoms with Crippen LogP contribution < -0.4 is 10.9 Å². The topological polar surface area (TPSA) is 126 Å². The number of amides is 1. The van der Waals surface area contributed by atoms with Gasteiger partial charge in [0.05, 0.1) is 28.0 Å². The average molecular weight is 449 g/mol. The largest absolute Gasteiger partial charge is 0.506 e. The number of nitriles is 1. The summed E-state index contributed by atoms with van der Waals surface area (Å²) < 4.78 is 2.90. The summed E-state index contributed by atoms with van der Waals surface area (Å²) in [6.07, 6.45) is 5.95. The smallest absolute Gasteiger partial charge is 0.263 e. The first kappa shape index (κ1) is 21.1. The second-order valence-electron chi connectivity index (χ2n) is 7.23. The lowest BCUT2D eigenvalue weighted by molar-refractivity contribution is -0.116. The van der Waals surface area contributed by atoms with E-state index in [1.807, 2.05) is 6.07 Å². The number of nitrogens with one attached hydrogen (secondary N) is 1. The summed E-state index contributed by atoms with van der Waals surface area (Å²) in [6.45, 7) is 1.54. The molecule has 0 radical (unpaired) electrons. The molecule has 0 unspecified atom stereocenters. The second-order valence-corrected chi connectivity index (χ2v) is 7.64. The van der Waals surface area contributed by atoms with Gasteiger partial charge in [-0.2, -0.15) is 5.26 Å². The van der Waals surface area contributed by atoms with Gasteiger partial charge >= 0.3 is 0 Å². The number of carbonyl (C=O) groups excluding carboxylic acids is 1. The third kappa shape index (κ3) is 3.68. The molecule has 4 aromatic rings. The Morgan fingerprint density at radius 1 is 1.38 bits per heavy atom. The van der Waals surface area contributed by atoms with Gasteiger partial charge < -0.3 is 19.6 Å². The number of anilines is 1. The van der Waals surface area contributed by atoms with Crippen molar-refractivity contribution in [3.8, 4) is 22.9 Å². The summed E-state index contributed by atoms with van der Waals surface area (Å²) in [6, 6.07) is 6.72. The highest BCUT2D eigenvalue weighted by atomic mass is 35.5. The van der Waals surface area contributed by atoms with E-state index >= 15 is 0 Å². The van der Waals surface area contributed by atoms with Crippen LogP contribution in [0.2, 0.25) is 5.02 Å². The highest BCUT2D eigenvalue weighted by molar-refractivity contribution is 6.33. The van der Waals surface area contributed by atoms with E-state index in [0.29, 0.717) is 38.4 Å². The maximum Gasteiger partial charge on any atom is 0.263 e. The lowest BCUT2D eigenvalue weighted by Gasteiger charge is -2.08. The van der Waals surface area contributed by atoms with E-state index in [2.05, 4.69) is 15.3 Å². The third-order valence-corrected chi connectivity index (χ3v) is 5.33. The molecule has 4 rings (SSSR count). The Hall–Kier alpha value is -4.16. The number of phenolic OH excluding ortho intramolecular Hbond substituents is 1. The molecule has 2 N–H and O–H groups in total. The van der Waals surface area contributed by atoms with E-state index < -0.39 is 0 Å². The van der Waals surface area contributed by atoms with E-state index in [0.717, 1.165) is 0 Å². The fourth-order valence-corrected chi connectivity index (χ4v) is 3.61. The Kier molecular flexibility index (Phi) is 5.38. The molecule has 0 aliphatic heterocycles. The van der Waals surface area contributed by atoms with Gasteiger partial charge in [0.2, 0.25) is 5.91 Å². The maximum absolute atomic E-state index is 12.9. The molecule has 1 aromatic carbocycles. The number of aryl methyl sites for hydroxylation is 2. The van der Waals surface area contributed by atoms with Gasteiger partial charge in [-0.05, 0) is 36.2 Å². The molecule has 0 fully saturated rings. The molecule has 3 aromatic heterocycles. The first-order chi connectivity index (χ1) is 15.3. The highest BCUT2D eigenvalue weighted by Crippen LogP contribution is 2.33. The molecule has 0 aliphatic carbocycles. The molecule has 0 saturated carbocycles. The van der Waals surface area contributed by atoms with Crippen molar-refractivity contribution in [2.24, 2.45) is 7.05 Å². The summed E-state index contributed by atoms with van der Waals surface area (Å²) in [5, 5.41) is 22.8. The summed E-state index contributed by atoms with van der Waals surface area (Å²) in [4.78, 5) is 33.8. The Morgan fingerprint density at radius 2 is 2.16 bits per heavy atom. The molecule has 0 saturated heterocycles. The lowest BCUT2D eigenvalue weighted by atomic mass is 10.00. The van der Waals surface area contributed by atoms with Crippen LogP contribution in [-0.4, -0.2) is 30.1 Å². The Morgan fingerprint density at radius 3 is 2.88 bits per heavy atom. The van der Waals surface area contributed by atoms with Crippen LogP contribution in [0.5, 0.6) is 5.75 Å². The monoisotopic (exact) mass is 448 g/mol. The average Bonchev–Trinajstić information content (AvgIpc) is 3.13. The Labute approximate surface area is 187 Å². The number of aromatic hydroxyl groups is 1. The van der Waals surface area contributed by atoms with Crippen LogP contribution in [0, 0.1) is 18.3 Å². The first-order valence-corrected chi connectivity index (χ1v) is 9.86. The van der Waals surface area contributed by atoms with E-state index in [-0.39, 0.29) is 29.3 Å². The van der Waals surface area contributed by atoms with E-state index in [1.165, 1.54) is 29.4 Å². The van der Waals surface area contributed by atoms with Gasteiger partial charge in [-0.3, -0.25) is 14.6 Å². The van der Waals surface area contributed by atoms with Crippen LogP contribution in [0.4, 0.5) is 5.69 Å². The molecular formula is C22H17ClN6O3. The number of aromatic nitrogens is 4. The molecule has 1 amide bonds. The molecule has 0 bridgehead atoms. The number of phenols is 1. The van der Waals surface area contributed by atoms with Crippen molar-refractivity contribution in [2.45, 2.75) is 13.5 Å². The summed E-state index contributed by atoms with van der Waals surface area (Å²) in [7, 11) is 1.58. The molecule has 32 heavy (non-hydrogen) atoms. The predicted octanol–water partition coefficient (Wildman–Crippen LogP) is 2.97. The van der Waals surface area contributed by atoms with Crippen molar-refractivity contribution in [1.82, 2.24) is 19.1 Å². The summed E-state index contributed by atoms with van der Waals surface area (Å²) in [5.41, 5.74) is 2.08. The van der Waals surface area contributed by atoms with Crippen LogP contribution in [0.3, 0.4) is 0 Å². The van der Waals surface area contributed by atoms with Gasteiger partial charge in [0.15, 0.2) is 0 Å². The second kappa shape index (κ2) is 8.17. The van der Waals surface area contributed by atoms with Gasteiger partial charge in [-0.15, -0.1) is 0 Å². The molecule has 10 heteroatoms. The minimum atomic E-state index is -0.372. The fourth-order valence-electron chi connectivity index (χ4n) is 3.45. The predicted molar refractivity (Wildman–Crippen MR) is 119 cm³/mol. The lowest BCUT2D eigenvalue weighted by Crippen LogP contribution is -2.20. The summed E-state index contributed by atoms with van der Waals surface area (Å²) >= 11 is 6.06. The van der Waals surface area contributed by atoms with Crippen LogP contribution in [0.25, 0.3) is 22.2 Å². The van der Waals surface area contributed by atoms with E-state index in [1.54, 1.807) is 36.9 Å². The minimum Gasteiger partial charge on any atom is -0.506 e. The van der Waals surface area contributed by atoms with Gasteiger partial charge in [-0.1, -0.05) is 11.6 Å². The normalized spacial score (nSPS) is 10.8. The minimum absolute atomic E-state index is 0.0895. The zero-order valence-corrected chi connectivity index (χ0v) is 17.9. The maximum atomic E-state index is 12.9. The van der Waals surface area contributed by atoms with Crippen LogP contribution in [0.15, 0.2) is 47.9 Å². The fraction of sp³-hybridized carbons (Fsp3) is 0.136. The number of halogens is 1. The van der Waals surface area contributed by atoms with Crippen LogP contribution in [0.1, 0.15) is 11.1 Å². The van der Waals surface area contributed by atoms with Gasteiger partial charge in [0.25, 0.3) is 5.56 Å². The van der Waals surface area contributed by atoms with Crippen molar-refractivity contribution >= 4 is 34.2 Å². The standard InChI is InChI=1S/C22H17ClN6O3/c1-12-5-13(6-14(7-24)20(12)31)15-9-29(21-19(15)22(32)28(2)11-26-21)10-18(30)27-17-3-4-25-8-16(17)23/h3-6,8-9,11,31H,10H2,1-2H3,(H,25,27,30). The molecule has 9 nitrogen and oxygen atoms in total. The van der Waals surface area contributed by atoms with Crippen LogP contribution >= 0.6 is 11.6 Å². The molecule has 3 heterocycles. The molecule has 0 atom stereocenters. The van der Waals surface area contributed by atoms with Crippen molar-refractivity contribution < 1.29 is 9.90 Å². The Bertz CT molecular complexity index is 1480. The number of hydrogen-bond donors (Lipinski definition) is 2. The van der Waals surface area contributed by atoms with Gasteiger partial charge in [0, 0.05) is 31.2 Å². The molecular weight excluding hydrogens is 432 g/mol. The Balaban J connectivity index is 1.83. The summed E-state index contributed by atoms with van der Waals surface area (Å²) in [5.74, 6) is -0.483. The number of pyridine rings is 1. The third-order valence-electron chi connectivity index (χ3n) is 5.03. The van der Waals surface area contributed by atoms with Crippen molar-refractivity contribution in [2.75, 3.05) is 5.32 Å². The molecule has 0 spiro atoms. The van der Waals surface area contributed by atoms with Gasteiger partial charge in [0.1, 0.15) is 24.0 Å². The number of benzene rings is 1. The van der Waals surface area contributed by atoms with Gasteiger partial charge in [-0.25, -0.2) is 4.98 Å². The quantitative estimate of drug-likeness (QED) is 0.494. The van der Waals surface area contributed by atoms with Crippen LogP contribution in [-0.2, 0) is 18.4 Å². The number of nitrogens with zero attached hydrogens (tertiary/aromatic N) is 5. The zero-order chi connectivity index (χ0) is 23.0. The highest BCUT2D eigenvalue weighted by Gasteiger charge is 2.19. The van der Waals surface area contributed by atoms with Crippen molar-refractivity contribution in [3.05, 3.63) is 69.6 Å². The van der Waals surface area contributed by atoms with E-state index in [4.69, 9.17) is 11.6 Å². The number of fused-ring (bicyclic) bond motifs is 1. The number of hydrogen-bond acceptors (Lipinski definition) is 6. The van der Waals surface area contributed by atoms with Crippen molar-refractivity contribution in [1.29, 1.82) is 5.26 Å². The van der Waals surface area contributed by atoms with Crippen molar-refractivity contribution in [3.63, 3.8) is 0 Å². The number of rotatable bonds is 4. The molecule has 0 aliphatic rings. The first-order valence-electron chi connectivity index (χ1n) is 9.48.